The van der Waals surface area contributed by atoms with Crippen molar-refractivity contribution in [2.75, 3.05) is 38.2 Å². The van der Waals surface area contributed by atoms with E-state index in [2.05, 4.69) is 15.5 Å². The largest absolute Gasteiger partial charge is 0.486 e. The zero-order valence-corrected chi connectivity index (χ0v) is 16.3. The average molecular weight is 375 g/mol. The summed E-state index contributed by atoms with van der Waals surface area (Å²) in [6.45, 7) is 8.75. The van der Waals surface area contributed by atoms with Crippen LogP contribution in [0.15, 0.2) is 18.2 Å². The van der Waals surface area contributed by atoms with Gasteiger partial charge < -0.3 is 20.1 Å². The fourth-order valence-electron chi connectivity index (χ4n) is 3.16. The van der Waals surface area contributed by atoms with Crippen LogP contribution in [-0.4, -0.2) is 55.6 Å². The molecule has 0 aliphatic carbocycles. The summed E-state index contributed by atoms with van der Waals surface area (Å²) in [6, 6.07) is 5.61. The minimum atomic E-state index is -0.374. The summed E-state index contributed by atoms with van der Waals surface area (Å²) in [5.74, 6) is 1.40. The molecule has 27 heavy (non-hydrogen) atoms. The Labute approximate surface area is 160 Å². The highest BCUT2D eigenvalue weighted by Crippen LogP contribution is 2.32. The molecule has 7 heteroatoms. The van der Waals surface area contributed by atoms with Gasteiger partial charge in [-0.25, -0.2) is 0 Å². The predicted molar refractivity (Wildman–Crippen MR) is 103 cm³/mol. The van der Waals surface area contributed by atoms with Crippen molar-refractivity contribution in [3.05, 3.63) is 18.2 Å². The number of piperidine rings is 1. The number of amides is 2. The minimum absolute atomic E-state index is 0.0520. The van der Waals surface area contributed by atoms with Crippen molar-refractivity contribution in [1.82, 2.24) is 10.2 Å². The van der Waals surface area contributed by atoms with Gasteiger partial charge in [-0.2, -0.15) is 0 Å². The molecule has 0 unspecified atom stereocenters. The molecule has 1 aromatic carbocycles. The summed E-state index contributed by atoms with van der Waals surface area (Å²) in [4.78, 5) is 26.6. The molecular formula is C20H29N3O4. The lowest BCUT2D eigenvalue weighted by Gasteiger charge is -2.33. The first kappa shape index (κ1) is 19.5. The number of carbonyl (C=O) groups excluding carboxylic acids is 2. The molecule has 0 saturated carbocycles. The molecule has 2 aliphatic heterocycles. The van der Waals surface area contributed by atoms with Gasteiger partial charge in [-0.15, -0.1) is 0 Å². The molecule has 2 aliphatic rings. The van der Waals surface area contributed by atoms with Gasteiger partial charge in [0, 0.05) is 36.3 Å². The number of fused-ring (bicyclic) bond motifs is 1. The van der Waals surface area contributed by atoms with Crippen LogP contribution in [0.1, 0.15) is 33.6 Å². The first-order valence-electron chi connectivity index (χ1n) is 9.54. The van der Waals surface area contributed by atoms with Crippen molar-refractivity contribution < 1.29 is 19.1 Å². The number of nitrogens with zero attached hydrogens (tertiary/aromatic N) is 1. The molecule has 2 N–H and O–H groups in total. The first-order chi connectivity index (χ1) is 12.8. The quantitative estimate of drug-likeness (QED) is 0.842. The number of nitrogens with one attached hydrogen (secondary N) is 2. The maximum Gasteiger partial charge on any atom is 0.238 e. The van der Waals surface area contributed by atoms with Crippen LogP contribution in [0.4, 0.5) is 5.69 Å². The molecule has 0 spiro atoms. The molecule has 0 bridgehead atoms. The second-order valence-electron chi connectivity index (χ2n) is 8.18. The summed E-state index contributed by atoms with van der Waals surface area (Å²) in [5.41, 5.74) is 0.331. The molecule has 2 heterocycles. The maximum absolute atomic E-state index is 12.3. The van der Waals surface area contributed by atoms with Gasteiger partial charge in [0.25, 0.3) is 0 Å². The summed E-state index contributed by atoms with van der Waals surface area (Å²) in [6.07, 6.45) is 1.72. The van der Waals surface area contributed by atoms with E-state index in [9.17, 15) is 9.59 Å². The van der Waals surface area contributed by atoms with E-state index in [1.54, 1.807) is 6.07 Å². The molecule has 7 nitrogen and oxygen atoms in total. The van der Waals surface area contributed by atoms with Crippen molar-refractivity contribution in [2.45, 2.75) is 39.7 Å². The van der Waals surface area contributed by atoms with Crippen LogP contribution in [-0.2, 0) is 9.59 Å². The lowest BCUT2D eigenvalue weighted by molar-refractivity contribution is -0.129. The van der Waals surface area contributed by atoms with Gasteiger partial charge >= 0.3 is 0 Å². The Hall–Kier alpha value is -2.28. The van der Waals surface area contributed by atoms with Gasteiger partial charge in [-0.05, 0) is 25.0 Å². The Balaban J connectivity index is 1.44. The van der Waals surface area contributed by atoms with Crippen LogP contribution in [0.3, 0.4) is 0 Å². The smallest absolute Gasteiger partial charge is 0.238 e. The van der Waals surface area contributed by atoms with E-state index in [4.69, 9.17) is 9.47 Å². The van der Waals surface area contributed by atoms with E-state index in [1.807, 2.05) is 32.9 Å². The van der Waals surface area contributed by atoms with Crippen LogP contribution in [0, 0.1) is 5.41 Å². The number of anilines is 1. The summed E-state index contributed by atoms with van der Waals surface area (Å²) < 4.78 is 11.0. The zero-order chi connectivity index (χ0) is 19.4. The molecule has 0 atom stereocenters. The van der Waals surface area contributed by atoms with Gasteiger partial charge in [-0.1, -0.05) is 20.8 Å². The molecule has 1 saturated heterocycles. The lowest BCUT2D eigenvalue weighted by Crippen LogP contribution is -2.48. The van der Waals surface area contributed by atoms with Crippen LogP contribution in [0.2, 0.25) is 0 Å². The monoisotopic (exact) mass is 375 g/mol. The molecule has 148 valence electrons. The summed E-state index contributed by atoms with van der Waals surface area (Å²) in [7, 11) is 0. The van der Waals surface area contributed by atoms with E-state index in [-0.39, 0.29) is 23.3 Å². The van der Waals surface area contributed by atoms with E-state index in [0.29, 0.717) is 36.9 Å². The molecule has 1 aromatic rings. The highest BCUT2D eigenvalue weighted by atomic mass is 16.6. The number of hydrogen-bond acceptors (Lipinski definition) is 5. The van der Waals surface area contributed by atoms with E-state index in [0.717, 1.165) is 25.9 Å². The molecule has 3 rings (SSSR count). The predicted octanol–water partition coefficient (Wildman–Crippen LogP) is 2.02. The van der Waals surface area contributed by atoms with E-state index >= 15 is 0 Å². The number of likely N-dealkylation sites (tertiary alicyclic amines) is 1. The van der Waals surface area contributed by atoms with Crippen molar-refractivity contribution in [1.29, 1.82) is 0 Å². The number of rotatable bonds is 4. The van der Waals surface area contributed by atoms with E-state index < -0.39 is 0 Å². The zero-order valence-electron chi connectivity index (χ0n) is 16.3. The third-order valence-electron chi connectivity index (χ3n) is 4.80. The molecule has 1 fully saturated rings. The highest BCUT2D eigenvalue weighted by molar-refractivity contribution is 5.92. The van der Waals surface area contributed by atoms with Crippen LogP contribution < -0.4 is 20.1 Å². The molecule has 2 amide bonds. The average Bonchev–Trinajstić information content (AvgIpc) is 2.62. The molecular weight excluding hydrogens is 346 g/mol. The molecule has 0 radical (unpaired) electrons. The Morgan fingerprint density at radius 1 is 1.11 bits per heavy atom. The van der Waals surface area contributed by atoms with Crippen molar-refractivity contribution in [3.8, 4) is 11.5 Å². The second kappa shape index (κ2) is 8.17. The Morgan fingerprint density at radius 2 is 1.78 bits per heavy atom. The van der Waals surface area contributed by atoms with Gasteiger partial charge in [0.15, 0.2) is 11.5 Å². The fourth-order valence-corrected chi connectivity index (χ4v) is 3.16. The highest BCUT2D eigenvalue weighted by Gasteiger charge is 2.27. The van der Waals surface area contributed by atoms with Crippen molar-refractivity contribution >= 4 is 17.5 Å². The van der Waals surface area contributed by atoms with Gasteiger partial charge in [0.05, 0.1) is 6.54 Å². The van der Waals surface area contributed by atoms with Gasteiger partial charge in [0.2, 0.25) is 11.8 Å². The maximum atomic E-state index is 12.3. The SMILES string of the molecule is CC(C)(C)C(=O)NC1CCN(CC(=O)Nc2ccc3c(c2)OCCO3)CC1. The first-order valence-corrected chi connectivity index (χ1v) is 9.54. The van der Waals surface area contributed by atoms with Crippen molar-refractivity contribution in [3.63, 3.8) is 0 Å². The topological polar surface area (TPSA) is 79.9 Å². The van der Waals surface area contributed by atoms with Crippen LogP contribution >= 0.6 is 0 Å². The normalized spacial score (nSPS) is 18.0. The Morgan fingerprint density at radius 3 is 2.44 bits per heavy atom. The van der Waals surface area contributed by atoms with Gasteiger partial charge in [0.1, 0.15) is 13.2 Å². The number of benzene rings is 1. The Kier molecular flexibility index (Phi) is 5.89. The number of ether oxygens (including phenoxy) is 2. The third kappa shape index (κ3) is 5.35. The van der Waals surface area contributed by atoms with Crippen LogP contribution in [0.5, 0.6) is 11.5 Å². The number of carbonyl (C=O) groups is 2. The summed E-state index contributed by atoms with van der Waals surface area (Å²) in [5, 5.41) is 6.03. The minimum Gasteiger partial charge on any atom is -0.486 e. The lowest BCUT2D eigenvalue weighted by atomic mass is 9.94. The fraction of sp³-hybridized carbons (Fsp3) is 0.600. The van der Waals surface area contributed by atoms with E-state index in [1.165, 1.54) is 0 Å². The Bertz CT molecular complexity index is 691. The third-order valence-corrected chi connectivity index (χ3v) is 4.80. The standard InChI is InChI=1S/C20H29N3O4/c1-20(2,3)19(25)22-14-6-8-23(9-7-14)13-18(24)21-15-4-5-16-17(12-15)27-11-10-26-16/h4-5,12,14H,6-11,13H2,1-3H3,(H,21,24)(H,22,25). The van der Waals surface area contributed by atoms with Gasteiger partial charge in [-0.3, -0.25) is 14.5 Å². The van der Waals surface area contributed by atoms with Crippen LogP contribution in [0.25, 0.3) is 0 Å². The summed E-state index contributed by atoms with van der Waals surface area (Å²) >= 11 is 0. The van der Waals surface area contributed by atoms with Crippen molar-refractivity contribution in [2.24, 2.45) is 5.41 Å². The number of hydrogen-bond donors (Lipinski definition) is 2. The second-order valence-corrected chi connectivity index (χ2v) is 8.18. The molecule has 0 aromatic heterocycles.